The molecule has 1 saturated heterocycles. The van der Waals surface area contributed by atoms with Gasteiger partial charge in [-0.2, -0.15) is 0 Å². The predicted octanol–water partition coefficient (Wildman–Crippen LogP) is -0.630. The molecule has 1 heterocycles. The Balaban J connectivity index is 2.36. The molecule has 5 heteroatoms. The fourth-order valence-electron chi connectivity index (χ4n) is 2.16. The number of nitrogens with two attached hydrogens (primary N) is 1. The van der Waals surface area contributed by atoms with E-state index in [4.69, 9.17) is 10.5 Å². The van der Waals surface area contributed by atoms with Crippen LogP contribution < -0.4 is 5.73 Å². The van der Waals surface area contributed by atoms with Gasteiger partial charge in [0.25, 0.3) is 0 Å². The smallest absolute Gasteiger partial charge is 0.248 e. The molecular formula is C11H23N3O2. The fourth-order valence-corrected chi connectivity index (χ4v) is 2.16. The molecule has 2 N–H and O–H groups in total. The topological polar surface area (TPSA) is 58.8 Å². The molecule has 1 aliphatic heterocycles. The van der Waals surface area contributed by atoms with Crippen LogP contribution in [0.3, 0.4) is 0 Å². The number of carbonyl (C=O) groups excluding carboxylic acids is 1. The highest BCUT2D eigenvalue weighted by Crippen LogP contribution is 2.19. The van der Waals surface area contributed by atoms with Crippen LogP contribution in [0.25, 0.3) is 0 Å². The molecule has 94 valence electrons. The molecule has 0 spiro atoms. The highest BCUT2D eigenvalue weighted by atomic mass is 16.5. The summed E-state index contributed by atoms with van der Waals surface area (Å²) >= 11 is 0. The molecule has 0 bridgehead atoms. The van der Waals surface area contributed by atoms with E-state index in [2.05, 4.69) is 25.9 Å². The van der Waals surface area contributed by atoms with Crippen molar-refractivity contribution in [1.29, 1.82) is 0 Å². The molecular weight excluding hydrogens is 206 g/mol. The van der Waals surface area contributed by atoms with Gasteiger partial charge in [-0.05, 0) is 20.0 Å². The van der Waals surface area contributed by atoms with Crippen LogP contribution in [-0.4, -0.2) is 68.7 Å². The third-order valence-electron chi connectivity index (χ3n) is 3.08. The average Bonchev–Trinajstić information content (AvgIpc) is 2.60. The number of rotatable bonds is 5. The Bertz CT molecular complexity index is 233. The van der Waals surface area contributed by atoms with E-state index < -0.39 is 0 Å². The lowest BCUT2D eigenvalue weighted by Gasteiger charge is -2.22. The first kappa shape index (κ1) is 13.4. The molecule has 0 aliphatic carbocycles. The maximum Gasteiger partial charge on any atom is 0.248 e. The van der Waals surface area contributed by atoms with Crippen molar-refractivity contribution in [1.82, 2.24) is 9.80 Å². The number of likely N-dealkylation sites (N-methyl/N-ethyl adjacent to an activating group) is 1. The first-order chi connectivity index (χ1) is 7.56. The second-order valence-electron chi connectivity index (χ2n) is 4.65. The number of amides is 1. The number of hydrogen-bond acceptors (Lipinski definition) is 4. The molecule has 1 amide bonds. The summed E-state index contributed by atoms with van der Waals surface area (Å²) in [5.41, 5.74) is 5.30. The second-order valence-corrected chi connectivity index (χ2v) is 4.65. The summed E-state index contributed by atoms with van der Waals surface area (Å²) in [5, 5.41) is 0. The number of likely N-dealkylation sites (tertiary alicyclic amines) is 1. The van der Waals surface area contributed by atoms with Crippen molar-refractivity contribution in [2.45, 2.75) is 13.0 Å². The average molecular weight is 229 g/mol. The number of nitrogens with zero attached hydrogens (tertiary/aromatic N) is 2. The summed E-state index contributed by atoms with van der Waals surface area (Å²) in [6.45, 7) is 4.88. The third-order valence-corrected chi connectivity index (χ3v) is 3.08. The summed E-state index contributed by atoms with van der Waals surface area (Å²) < 4.78 is 5.16. The van der Waals surface area contributed by atoms with Gasteiger partial charge in [0.15, 0.2) is 0 Å². The lowest BCUT2D eigenvalue weighted by atomic mass is 10.1. The van der Waals surface area contributed by atoms with Gasteiger partial charge in [0.05, 0.1) is 6.61 Å². The summed E-state index contributed by atoms with van der Waals surface area (Å²) in [7, 11) is 4.11. The van der Waals surface area contributed by atoms with E-state index in [9.17, 15) is 4.79 Å². The van der Waals surface area contributed by atoms with Crippen LogP contribution in [-0.2, 0) is 9.53 Å². The highest BCUT2D eigenvalue weighted by Gasteiger charge is 2.33. The zero-order valence-corrected chi connectivity index (χ0v) is 10.5. The third kappa shape index (κ3) is 3.43. The minimum Gasteiger partial charge on any atom is -0.370 e. The normalized spacial score (nSPS) is 25.4. The van der Waals surface area contributed by atoms with E-state index in [1.54, 1.807) is 0 Å². The molecule has 2 unspecified atom stereocenters. The summed E-state index contributed by atoms with van der Waals surface area (Å²) in [6.07, 6.45) is 0. The molecule has 1 fully saturated rings. The van der Waals surface area contributed by atoms with Crippen LogP contribution >= 0.6 is 0 Å². The Labute approximate surface area is 97.5 Å². The van der Waals surface area contributed by atoms with Crippen LogP contribution in [0.4, 0.5) is 0 Å². The van der Waals surface area contributed by atoms with Gasteiger partial charge in [-0.15, -0.1) is 0 Å². The maximum atomic E-state index is 11.8. The lowest BCUT2D eigenvalue weighted by molar-refractivity contribution is -0.135. The van der Waals surface area contributed by atoms with E-state index in [0.29, 0.717) is 25.1 Å². The van der Waals surface area contributed by atoms with Crippen LogP contribution in [0.2, 0.25) is 0 Å². The Morgan fingerprint density at radius 3 is 2.69 bits per heavy atom. The van der Waals surface area contributed by atoms with Gasteiger partial charge < -0.3 is 20.3 Å². The van der Waals surface area contributed by atoms with Gasteiger partial charge in [0.1, 0.15) is 6.61 Å². The first-order valence-electron chi connectivity index (χ1n) is 5.78. The van der Waals surface area contributed by atoms with E-state index in [-0.39, 0.29) is 12.5 Å². The van der Waals surface area contributed by atoms with E-state index in [1.165, 1.54) is 0 Å². The molecule has 0 aromatic rings. The van der Waals surface area contributed by atoms with Gasteiger partial charge in [0, 0.05) is 25.7 Å². The molecule has 16 heavy (non-hydrogen) atoms. The lowest BCUT2D eigenvalue weighted by Crippen LogP contribution is -2.37. The standard InChI is InChI=1S/C11H23N3O2/c1-9-6-14(7-10(9)13(2)3)11(15)8-16-5-4-12/h9-10H,4-8,12H2,1-3H3. The van der Waals surface area contributed by atoms with Crippen LogP contribution in [0.15, 0.2) is 0 Å². The van der Waals surface area contributed by atoms with Crippen molar-refractivity contribution in [3.05, 3.63) is 0 Å². The van der Waals surface area contributed by atoms with Crippen molar-refractivity contribution in [2.75, 3.05) is 46.9 Å². The monoisotopic (exact) mass is 229 g/mol. The Kier molecular flexibility index (Phi) is 5.18. The summed E-state index contributed by atoms with van der Waals surface area (Å²) in [6, 6.07) is 0.457. The van der Waals surface area contributed by atoms with E-state index >= 15 is 0 Å². The van der Waals surface area contributed by atoms with Crippen molar-refractivity contribution < 1.29 is 9.53 Å². The van der Waals surface area contributed by atoms with Crippen molar-refractivity contribution in [3.63, 3.8) is 0 Å². The Morgan fingerprint density at radius 2 is 2.19 bits per heavy atom. The molecule has 0 aromatic heterocycles. The van der Waals surface area contributed by atoms with E-state index in [0.717, 1.165) is 13.1 Å². The number of hydrogen-bond donors (Lipinski definition) is 1. The van der Waals surface area contributed by atoms with Crippen molar-refractivity contribution >= 4 is 5.91 Å². The molecule has 0 radical (unpaired) electrons. The molecule has 1 aliphatic rings. The van der Waals surface area contributed by atoms with Gasteiger partial charge in [-0.25, -0.2) is 0 Å². The minimum absolute atomic E-state index is 0.0737. The zero-order valence-electron chi connectivity index (χ0n) is 10.5. The molecule has 0 aromatic carbocycles. The van der Waals surface area contributed by atoms with E-state index in [1.807, 2.05) is 4.90 Å². The van der Waals surface area contributed by atoms with Crippen LogP contribution in [0, 0.1) is 5.92 Å². The molecule has 5 nitrogen and oxygen atoms in total. The summed E-state index contributed by atoms with van der Waals surface area (Å²) in [4.78, 5) is 15.8. The Hall–Kier alpha value is -0.650. The highest BCUT2D eigenvalue weighted by molar-refractivity contribution is 5.77. The van der Waals surface area contributed by atoms with Crippen LogP contribution in [0.1, 0.15) is 6.92 Å². The number of carbonyl (C=O) groups is 1. The van der Waals surface area contributed by atoms with Crippen molar-refractivity contribution in [2.24, 2.45) is 11.7 Å². The van der Waals surface area contributed by atoms with Gasteiger partial charge in [-0.1, -0.05) is 6.92 Å². The van der Waals surface area contributed by atoms with Gasteiger partial charge in [-0.3, -0.25) is 4.79 Å². The predicted molar refractivity (Wildman–Crippen MR) is 63.1 cm³/mol. The second kappa shape index (κ2) is 6.18. The SMILES string of the molecule is CC1CN(C(=O)COCCN)CC1N(C)C. The van der Waals surface area contributed by atoms with Gasteiger partial charge in [0.2, 0.25) is 5.91 Å². The first-order valence-corrected chi connectivity index (χ1v) is 5.78. The minimum atomic E-state index is 0.0737. The van der Waals surface area contributed by atoms with Crippen molar-refractivity contribution in [3.8, 4) is 0 Å². The zero-order chi connectivity index (χ0) is 12.1. The molecule has 1 rings (SSSR count). The molecule has 0 saturated carbocycles. The Morgan fingerprint density at radius 1 is 1.50 bits per heavy atom. The summed E-state index contributed by atoms with van der Waals surface area (Å²) in [5.74, 6) is 0.595. The van der Waals surface area contributed by atoms with Crippen LogP contribution in [0.5, 0.6) is 0 Å². The molecule has 2 atom stereocenters. The van der Waals surface area contributed by atoms with Gasteiger partial charge >= 0.3 is 0 Å². The number of ether oxygens (including phenoxy) is 1. The largest absolute Gasteiger partial charge is 0.370 e. The maximum absolute atomic E-state index is 11.8. The fraction of sp³-hybridized carbons (Fsp3) is 0.909. The quantitative estimate of drug-likeness (QED) is 0.638.